The molecule has 0 radical (unpaired) electrons. The topological polar surface area (TPSA) is 67.6 Å². The van der Waals surface area contributed by atoms with Gasteiger partial charge in [-0.15, -0.1) is 0 Å². The molecule has 1 aromatic carbocycles. The summed E-state index contributed by atoms with van der Waals surface area (Å²) < 4.78 is 0. The third-order valence-electron chi connectivity index (χ3n) is 1.49. The van der Waals surface area contributed by atoms with Crippen molar-refractivity contribution in [3.8, 4) is 0 Å². The van der Waals surface area contributed by atoms with E-state index in [1.54, 1.807) is 0 Å². The fourth-order valence-corrected chi connectivity index (χ4v) is 1.58. The zero-order chi connectivity index (χ0) is 9.10. The molecule has 2 rings (SSSR count). The zero-order valence-electron chi connectivity index (χ0n) is 6.77. The monoisotopic (exact) mass is 192 g/mol. The number of H-pyrrole nitrogens is 1. The van der Waals surface area contributed by atoms with Crippen molar-refractivity contribution in [1.82, 2.24) is 15.2 Å². The van der Waals surface area contributed by atoms with Gasteiger partial charge >= 0.3 is 0 Å². The summed E-state index contributed by atoms with van der Waals surface area (Å²) in [7, 11) is 0. The third kappa shape index (κ3) is 2.00. The zero-order valence-corrected chi connectivity index (χ0v) is 7.58. The van der Waals surface area contributed by atoms with Crippen molar-refractivity contribution in [2.24, 2.45) is 0 Å². The summed E-state index contributed by atoms with van der Waals surface area (Å²) in [6.07, 6.45) is 1.49. The maximum Gasteiger partial charge on any atom is 0.188 e. The van der Waals surface area contributed by atoms with E-state index in [-0.39, 0.29) is 0 Å². The maximum absolute atomic E-state index is 5.56. The third-order valence-corrected chi connectivity index (χ3v) is 2.39. The summed E-state index contributed by atoms with van der Waals surface area (Å²) in [4.78, 5) is 5.09. The highest BCUT2D eigenvalue weighted by Crippen LogP contribution is 2.24. The Hall–Kier alpha value is -1.49. The highest BCUT2D eigenvalue weighted by Gasteiger charge is 1.98. The summed E-state index contributed by atoms with van der Waals surface area (Å²) in [5, 5.41) is 7.31. The Morgan fingerprint density at radius 3 is 2.62 bits per heavy atom. The molecule has 0 aliphatic rings. The van der Waals surface area contributed by atoms with Crippen molar-refractivity contribution in [3.63, 3.8) is 0 Å². The number of aromatic nitrogens is 3. The van der Waals surface area contributed by atoms with Crippen LogP contribution >= 0.6 is 11.8 Å². The molecule has 0 spiro atoms. The maximum atomic E-state index is 5.56. The van der Waals surface area contributed by atoms with E-state index >= 15 is 0 Å². The normalized spacial score (nSPS) is 10.2. The van der Waals surface area contributed by atoms with Crippen molar-refractivity contribution in [2.45, 2.75) is 10.1 Å². The minimum absolute atomic E-state index is 0.766. The average Bonchev–Trinajstić information content (AvgIpc) is 2.62. The number of nitrogens with two attached hydrogens (primary N) is 1. The van der Waals surface area contributed by atoms with Crippen LogP contribution in [0.15, 0.2) is 40.6 Å². The van der Waals surface area contributed by atoms with E-state index in [1.807, 2.05) is 24.3 Å². The Morgan fingerprint density at radius 2 is 2.00 bits per heavy atom. The first-order chi connectivity index (χ1) is 6.34. The predicted octanol–water partition coefficient (Wildman–Crippen LogP) is 1.54. The van der Waals surface area contributed by atoms with Crippen molar-refractivity contribution in [2.75, 3.05) is 5.73 Å². The molecule has 13 heavy (non-hydrogen) atoms. The van der Waals surface area contributed by atoms with Gasteiger partial charge in [-0.25, -0.2) is 4.98 Å². The van der Waals surface area contributed by atoms with E-state index in [9.17, 15) is 0 Å². The number of anilines is 1. The first-order valence-corrected chi connectivity index (χ1v) is 4.55. The van der Waals surface area contributed by atoms with Crippen LogP contribution in [-0.2, 0) is 0 Å². The minimum Gasteiger partial charge on any atom is -0.399 e. The molecule has 1 heterocycles. The second kappa shape index (κ2) is 3.49. The highest BCUT2D eigenvalue weighted by molar-refractivity contribution is 7.99. The van der Waals surface area contributed by atoms with Crippen molar-refractivity contribution in [1.29, 1.82) is 0 Å². The fourth-order valence-electron chi connectivity index (χ4n) is 0.891. The lowest BCUT2D eigenvalue weighted by atomic mass is 10.3. The Labute approximate surface area is 79.6 Å². The van der Waals surface area contributed by atoms with E-state index in [0.29, 0.717) is 0 Å². The predicted molar refractivity (Wildman–Crippen MR) is 51.4 cm³/mol. The first kappa shape index (κ1) is 8.12. The Balaban J connectivity index is 2.15. The van der Waals surface area contributed by atoms with Gasteiger partial charge in [0.25, 0.3) is 0 Å². The molecule has 0 bridgehead atoms. The first-order valence-electron chi connectivity index (χ1n) is 3.73. The van der Waals surface area contributed by atoms with E-state index in [2.05, 4.69) is 15.2 Å². The van der Waals surface area contributed by atoms with Crippen LogP contribution in [0.1, 0.15) is 0 Å². The van der Waals surface area contributed by atoms with Crippen LogP contribution < -0.4 is 5.73 Å². The SMILES string of the molecule is Nc1ccc(Sc2ncn[nH]2)cc1. The van der Waals surface area contributed by atoms with E-state index in [4.69, 9.17) is 5.73 Å². The van der Waals surface area contributed by atoms with Gasteiger partial charge in [0.15, 0.2) is 5.16 Å². The largest absolute Gasteiger partial charge is 0.399 e. The second-order valence-electron chi connectivity index (χ2n) is 2.46. The number of nitrogens with zero attached hydrogens (tertiary/aromatic N) is 2. The molecule has 5 heteroatoms. The molecule has 0 saturated carbocycles. The van der Waals surface area contributed by atoms with E-state index < -0.39 is 0 Å². The van der Waals surface area contributed by atoms with Gasteiger partial charge < -0.3 is 5.73 Å². The highest BCUT2D eigenvalue weighted by atomic mass is 32.2. The van der Waals surface area contributed by atoms with Gasteiger partial charge in [-0.1, -0.05) is 11.8 Å². The van der Waals surface area contributed by atoms with Crippen LogP contribution in [0.4, 0.5) is 5.69 Å². The lowest BCUT2D eigenvalue weighted by molar-refractivity contribution is 0.973. The van der Waals surface area contributed by atoms with Crippen molar-refractivity contribution < 1.29 is 0 Å². The number of hydrogen-bond donors (Lipinski definition) is 2. The number of nitrogen functional groups attached to an aromatic ring is 1. The van der Waals surface area contributed by atoms with Crippen LogP contribution in [0.5, 0.6) is 0 Å². The Kier molecular flexibility index (Phi) is 2.18. The van der Waals surface area contributed by atoms with Gasteiger partial charge in [-0.2, -0.15) is 5.10 Å². The number of aromatic amines is 1. The molecule has 0 amide bonds. The minimum atomic E-state index is 0.766. The van der Waals surface area contributed by atoms with Gasteiger partial charge in [0.2, 0.25) is 0 Å². The van der Waals surface area contributed by atoms with Crippen LogP contribution in [-0.4, -0.2) is 15.2 Å². The average molecular weight is 192 g/mol. The quantitative estimate of drug-likeness (QED) is 0.708. The van der Waals surface area contributed by atoms with Gasteiger partial charge in [0.05, 0.1) is 0 Å². The number of rotatable bonds is 2. The summed E-state index contributed by atoms with van der Waals surface area (Å²) >= 11 is 1.52. The molecule has 0 aliphatic heterocycles. The molecular weight excluding hydrogens is 184 g/mol. The number of benzene rings is 1. The Bertz CT molecular complexity index is 368. The van der Waals surface area contributed by atoms with Gasteiger partial charge in [0, 0.05) is 10.6 Å². The molecule has 66 valence electrons. The molecule has 0 aliphatic carbocycles. The van der Waals surface area contributed by atoms with Crippen LogP contribution in [0.2, 0.25) is 0 Å². The summed E-state index contributed by atoms with van der Waals surface area (Å²) in [5.74, 6) is 0. The number of hydrogen-bond acceptors (Lipinski definition) is 4. The summed E-state index contributed by atoms with van der Waals surface area (Å²) in [6, 6.07) is 7.61. The molecular formula is C8H8N4S. The van der Waals surface area contributed by atoms with Gasteiger partial charge in [-0.05, 0) is 24.3 Å². The molecule has 0 saturated heterocycles. The summed E-state index contributed by atoms with van der Waals surface area (Å²) in [5.41, 5.74) is 6.32. The smallest absolute Gasteiger partial charge is 0.188 e. The molecule has 3 N–H and O–H groups in total. The molecule has 2 aromatic rings. The van der Waals surface area contributed by atoms with E-state index in [0.717, 1.165) is 15.7 Å². The van der Waals surface area contributed by atoms with Crippen LogP contribution in [0.25, 0.3) is 0 Å². The van der Waals surface area contributed by atoms with E-state index in [1.165, 1.54) is 18.1 Å². The van der Waals surface area contributed by atoms with Gasteiger partial charge in [-0.3, -0.25) is 5.10 Å². The molecule has 4 nitrogen and oxygen atoms in total. The molecule has 0 unspecified atom stereocenters. The fraction of sp³-hybridized carbons (Fsp3) is 0. The lowest BCUT2D eigenvalue weighted by Crippen LogP contribution is -1.82. The van der Waals surface area contributed by atoms with Crippen molar-refractivity contribution in [3.05, 3.63) is 30.6 Å². The number of nitrogens with one attached hydrogen (secondary N) is 1. The Morgan fingerprint density at radius 1 is 1.23 bits per heavy atom. The van der Waals surface area contributed by atoms with Crippen molar-refractivity contribution >= 4 is 17.4 Å². The second-order valence-corrected chi connectivity index (χ2v) is 3.52. The van der Waals surface area contributed by atoms with Gasteiger partial charge in [0.1, 0.15) is 6.33 Å². The van der Waals surface area contributed by atoms with Crippen LogP contribution in [0.3, 0.4) is 0 Å². The van der Waals surface area contributed by atoms with Crippen LogP contribution in [0, 0.1) is 0 Å². The standard InChI is InChI=1S/C8H8N4S/c9-6-1-3-7(4-2-6)13-8-10-5-11-12-8/h1-5H,9H2,(H,10,11,12). The summed E-state index contributed by atoms with van der Waals surface area (Å²) in [6.45, 7) is 0. The lowest BCUT2D eigenvalue weighted by Gasteiger charge is -1.97. The molecule has 0 fully saturated rings. The molecule has 1 aromatic heterocycles. The molecule has 0 atom stereocenters.